The normalized spacial score (nSPS) is 11.7. The quantitative estimate of drug-likeness (QED) is 0.465. The Bertz CT molecular complexity index is 791. The van der Waals surface area contributed by atoms with Crippen molar-refractivity contribution in [1.82, 2.24) is 9.55 Å². The van der Waals surface area contributed by atoms with Gasteiger partial charge in [-0.15, -0.1) is 11.3 Å². The number of hydrogen-bond acceptors (Lipinski definition) is 6. The first kappa shape index (κ1) is 18.0. The lowest BCUT2D eigenvalue weighted by Crippen LogP contribution is -2.25. The van der Waals surface area contributed by atoms with Gasteiger partial charge in [-0.05, 0) is 47.1 Å². The van der Waals surface area contributed by atoms with Crippen LogP contribution in [0.4, 0.5) is 0 Å². The zero-order valence-electron chi connectivity index (χ0n) is 14.3. The smallest absolute Gasteiger partial charge is 0.316 e. The molecule has 2 aromatic heterocycles. The highest BCUT2D eigenvalue weighted by Crippen LogP contribution is 2.29. The number of rotatable bonds is 5. The van der Waals surface area contributed by atoms with Crippen molar-refractivity contribution in [1.29, 1.82) is 0 Å². The number of aromatic nitrogens is 2. The number of carbonyl (C=O) groups is 1. The van der Waals surface area contributed by atoms with Gasteiger partial charge in [-0.1, -0.05) is 11.8 Å². The molecule has 0 saturated heterocycles. The molecular weight excluding hydrogens is 332 g/mol. The monoisotopic (exact) mass is 354 g/mol. The van der Waals surface area contributed by atoms with Crippen molar-refractivity contribution in [3.63, 3.8) is 0 Å². The summed E-state index contributed by atoms with van der Waals surface area (Å²) < 4.78 is 6.80. The molecule has 0 atom stereocenters. The molecule has 0 amide bonds. The van der Waals surface area contributed by atoms with E-state index in [1.165, 1.54) is 23.1 Å². The second kappa shape index (κ2) is 7.05. The van der Waals surface area contributed by atoms with Gasteiger partial charge in [0.05, 0.1) is 17.2 Å². The zero-order chi connectivity index (χ0) is 17.3. The predicted octanol–water partition coefficient (Wildman–Crippen LogP) is 3.70. The highest BCUT2D eigenvalue weighted by atomic mass is 32.2. The molecule has 23 heavy (non-hydrogen) atoms. The lowest BCUT2D eigenvalue weighted by molar-refractivity contribution is -0.144. The van der Waals surface area contributed by atoms with Gasteiger partial charge in [0.15, 0.2) is 5.16 Å². The Hall–Kier alpha value is -1.34. The van der Waals surface area contributed by atoms with Crippen LogP contribution in [0.2, 0.25) is 0 Å². The molecule has 2 aromatic rings. The molecule has 0 saturated carbocycles. The summed E-state index contributed by atoms with van der Waals surface area (Å²) in [4.78, 5) is 31.1. The van der Waals surface area contributed by atoms with Gasteiger partial charge in [-0.2, -0.15) is 0 Å². The minimum atomic E-state index is -0.298. The van der Waals surface area contributed by atoms with Crippen LogP contribution in [-0.2, 0) is 9.53 Å². The minimum absolute atomic E-state index is 0.0253. The third-order valence-corrected chi connectivity index (χ3v) is 5.43. The molecule has 0 N–H and O–H groups in total. The van der Waals surface area contributed by atoms with Gasteiger partial charge >= 0.3 is 5.97 Å². The number of carbonyl (C=O) groups excluding carboxylic acids is 1. The number of aryl methyl sites for hydroxylation is 2. The van der Waals surface area contributed by atoms with Crippen LogP contribution >= 0.6 is 23.1 Å². The van der Waals surface area contributed by atoms with E-state index in [1.807, 2.05) is 41.5 Å². The third-order valence-electron chi connectivity index (χ3n) is 3.41. The van der Waals surface area contributed by atoms with E-state index in [-0.39, 0.29) is 29.4 Å². The summed E-state index contributed by atoms with van der Waals surface area (Å²) in [5.74, 6) is -0.153. The molecular formula is C16H22N2O3S2. The predicted molar refractivity (Wildman–Crippen MR) is 95.7 cm³/mol. The molecule has 0 unspecified atom stereocenters. The van der Waals surface area contributed by atoms with E-state index >= 15 is 0 Å². The number of nitrogens with zero attached hydrogens (tertiary/aromatic N) is 2. The van der Waals surface area contributed by atoms with Crippen LogP contribution in [-0.4, -0.2) is 27.4 Å². The summed E-state index contributed by atoms with van der Waals surface area (Å²) in [6, 6.07) is -0.0253. The molecule has 7 heteroatoms. The molecule has 0 aromatic carbocycles. The molecule has 0 aliphatic rings. The minimum Gasteiger partial charge on any atom is -0.462 e. The first-order valence-electron chi connectivity index (χ1n) is 7.56. The van der Waals surface area contributed by atoms with Crippen LogP contribution in [0.25, 0.3) is 10.2 Å². The Labute approximate surface area is 144 Å². The Morgan fingerprint density at radius 2 is 1.96 bits per heavy atom. The van der Waals surface area contributed by atoms with Crippen molar-refractivity contribution >= 4 is 39.3 Å². The fourth-order valence-corrected chi connectivity index (χ4v) is 4.25. The third kappa shape index (κ3) is 3.77. The highest BCUT2D eigenvalue weighted by molar-refractivity contribution is 7.99. The SMILES string of the molecule is Cc1sc2nc(SCC(=O)OC(C)C)n(C(C)C)c(=O)c2c1C. The summed E-state index contributed by atoms with van der Waals surface area (Å²) in [6.07, 6.45) is -0.145. The maximum absolute atomic E-state index is 12.8. The summed E-state index contributed by atoms with van der Waals surface area (Å²) in [5, 5.41) is 1.26. The van der Waals surface area contributed by atoms with Crippen LogP contribution in [0.5, 0.6) is 0 Å². The van der Waals surface area contributed by atoms with Crippen LogP contribution in [0, 0.1) is 13.8 Å². The average molecular weight is 354 g/mol. The van der Waals surface area contributed by atoms with E-state index in [4.69, 9.17) is 4.74 Å². The molecule has 0 fully saturated rings. The lowest BCUT2D eigenvalue weighted by atomic mass is 10.2. The van der Waals surface area contributed by atoms with E-state index in [0.29, 0.717) is 10.5 Å². The molecule has 2 rings (SSSR count). The number of thioether (sulfide) groups is 1. The van der Waals surface area contributed by atoms with Crippen molar-refractivity contribution in [3.8, 4) is 0 Å². The Balaban J connectivity index is 2.44. The van der Waals surface area contributed by atoms with Crippen molar-refractivity contribution in [2.24, 2.45) is 0 Å². The number of fused-ring (bicyclic) bond motifs is 1. The Kier molecular flexibility index (Phi) is 5.52. The van der Waals surface area contributed by atoms with Gasteiger partial charge < -0.3 is 4.74 Å². The average Bonchev–Trinajstić information content (AvgIpc) is 2.70. The fraction of sp³-hybridized carbons (Fsp3) is 0.562. The van der Waals surface area contributed by atoms with E-state index in [1.54, 1.807) is 4.57 Å². The van der Waals surface area contributed by atoms with Crippen LogP contribution in [0.1, 0.15) is 44.2 Å². The largest absolute Gasteiger partial charge is 0.462 e. The van der Waals surface area contributed by atoms with Crippen molar-refractivity contribution in [2.75, 3.05) is 5.75 Å². The molecule has 0 radical (unpaired) electrons. The standard InChI is InChI=1S/C16H22N2O3S2/c1-8(2)18-15(20)13-10(5)11(6)23-14(13)17-16(18)22-7-12(19)21-9(3)4/h8-9H,7H2,1-6H3. The molecule has 5 nitrogen and oxygen atoms in total. The van der Waals surface area contributed by atoms with E-state index in [2.05, 4.69) is 4.98 Å². The highest BCUT2D eigenvalue weighted by Gasteiger charge is 2.19. The fourth-order valence-electron chi connectivity index (χ4n) is 2.27. The lowest BCUT2D eigenvalue weighted by Gasteiger charge is -2.15. The van der Waals surface area contributed by atoms with Gasteiger partial charge in [-0.3, -0.25) is 14.2 Å². The van der Waals surface area contributed by atoms with Gasteiger partial charge in [0.1, 0.15) is 4.83 Å². The van der Waals surface area contributed by atoms with Crippen molar-refractivity contribution in [2.45, 2.75) is 58.8 Å². The van der Waals surface area contributed by atoms with E-state index in [0.717, 1.165) is 15.3 Å². The van der Waals surface area contributed by atoms with Gasteiger partial charge in [0.25, 0.3) is 5.56 Å². The van der Waals surface area contributed by atoms with Crippen LogP contribution in [0.15, 0.2) is 9.95 Å². The number of hydrogen-bond donors (Lipinski definition) is 0. The topological polar surface area (TPSA) is 61.2 Å². The van der Waals surface area contributed by atoms with Crippen molar-refractivity contribution in [3.05, 3.63) is 20.8 Å². The van der Waals surface area contributed by atoms with E-state index in [9.17, 15) is 9.59 Å². The molecule has 0 aliphatic carbocycles. The molecule has 0 aliphatic heterocycles. The molecule has 2 heterocycles. The van der Waals surface area contributed by atoms with Gasteiger partial charge in [-0.25, -0.2) is 4.98 Å². The van der Waals surface area contributed by atoms with Crippen LogP contribution in [0.3, 0.4) is 0 Å². The van der Waals surface area contributed by atoms with Crippen LogP contribution < -0.4 is 5.56 Å². The van der Waals surface area contributed by atoms with Gasteiger partial charge in [0, 0.05) is 10.9 Å². The second-order valence-electron chi connectivity index (χ2n) is 5.95. The number of thiophene rings is 1. The second-order valence-corrected chi connectivity index (χ2v) is 8.10. The first-order valence-corrected chi connectivity index (χ1v) is 9.37. The Morgan fingerprint density at radius 1 is 1.30 bits per heavy atom. The van der Waals surface area contributed by atoms with E-state index < -0.39 is 0 Å². The maximum Gasteiger partial charge on any atom is 0.316 e. The number of esters is 1. The summed E-state index contributed by atoms with van der Waals surface area (Å²) in [7, 11) is 0. The summed E-state index contributed by atoms with van der Waals surface area (Å²) in [5.41, 5.74) is 0.958. The summed E-state index contributed by atoms with van der Waals surface area (Å²) >= 11 is 2.77. The van der Waals surface area contributed by atoms with Gasteiger partial charge in [0.2, 0.25) is 0 Å². The number of ether oxygens (including phenoxy) is 1. The maximum atomic E-state index is 12.8. The Morgan fingerprint density at radius 3 is 2.52 bits per heavy atom. The van der Waals surface area contributed by atoms with Crippen molar-refractivity contribution < 1.29 is 9.53 Å². The molecule has 0 bridgehead atoms. The zero-order valence-corrected chi connectivity index (χ0v) is 15.9. The summed E-state index contributed by atoms with van der Waals surface area (Å²) in [6.45, 7) is 11.5. The first-order chi connectivity index (χ1) is 10.7. The molecule has 0 spiro atoms. The molecule has 126 valence electrons.